The van der Waals surface area contributed by atoms with Crippen molar-refractivity contribution in [1.29, 1.82) is 0 Å². The molecule has 0 aromatic carbocycles. The Morgan fingerprint density at radius 2 is 2.17 bits per heavy atom. The first-order valence-electron chi connectivity index (χ1n) is 7.46. The normalized spacial score (nSPS) is 12.3. The Labute approximate surface area is 137 Å². The van der Waals surface area contributed by atoms with Crippen LogP contribution in [0.2, 0.25) is 0 Å². The number of carboxylic acids is 1. The van der Waals surface area contributed by atoms with E-state index in [2.05, 4.69) is 10.3 Å². The fourth-order valence-electron chi connectivity index (χ4n) is 2.17. The standard InChI is InChI=1S/C15H19N3O4S/c1-3-9-7-10-13(23-9)16-8-18(14(10)20)6-5-12(19)17-11(4-2)15(21)22/h7-8,11H,3-6H2,1-2H3,(H,17,19)(H,21,22). The largest absolute Gasteiger partial charge is 0.480 e. The molecule has 124 valence electrons. The molecule has 0 saturated heterocycles. The van der Waals surface area contributed by atoms with Crippen LogP contribution in [-0.4, -0.2) is 32.6 Å². The first kappa shape index (κ1) is 17.1. The van der Waals surface area contributed by atoms with Gasteiger partial charge < -0.3 is 10.4 Å². The summed E-state index contributed by atoms with van der Waals surface area (Å²) >= 11 is 1.49. The van der Waals surface area contributed by atoms with Gasteiger partial charge in [0, 0.05) is 17.8 Å². The molecule has 2 rings (SSSR count). The van der Waals surface area contributed by atoms with Crippen molar-refractivity contribution >= 4 is 33.4 Å². The van der Waals surface area contributed by atoms with Gasteiger partial charge in [-0.25, -0.2) is 9.78 Å². The van der Waals surface area contributed by atoms with Crippen LogP contribution in [0.15, 0.2) is 17.2 Å². The van der Waals surface area contributed by atoms with Crippen molar-refractivity contribution in [3.05, 3.63) is 27.6 Å². The van der Waals surface area contributed by atoms with E-state index in [0.29, 0.717) is 16.6 Å². The molecule has 2 aromatic rings. The van der Waals surface area contributed by atoms with Gasteiger partial charge in [-0.3, -0.25) is 14.2 Å². The Bertz CT molecular complexity index is 781. The highest BCUT2D eigenvalue weighted by atomic mass is 32.1. The van der Waals surface area contributed by atoms with Crippen molar-refractivity contribution in [2.75, 3.05) is 0 Å². The number of hydrogen-bond donors (Lipinski definition) is 2. The van der Waals surface area contributed by atoms with Crippen molar-refractivity contribution in [3.8, 4) is 0 Å². The molecule has 2 heterocycles. The number of nitrogens with one attached hydrogen (secondary N) is 1. The third-order valence-electron chi connectivity index (χ3n) is 3.54. The van der Waals surface area contributed by atoms with Gasteiger partial charge in [-0.1, -0.05) is 13.8 Å². The van der Waals surface area contributed by atoms with E-state index in [-0.39, 0.29) is 18.5 Å². The Morgan fingerprint density at radius 3 is 2.78 bits per heavy atom. The van der Waals surface area contributed by atoms with E-state index in [4.69, 9.17) is 5.11 Å². The number of thiophene rings is 1. The molecule has 7 nitrogen and oxygen atoms in total. The molecule has 0 aliphatic carbocycles. The highest BCUT2D eigenvalue weighted by molar-refractivity contribution is 7.18. The van der Waals surface area contributed by atoms with Gasteiger partial charge in [0.15, 0.2) is 0 Å². The number of aryl methyl sites for hydroxylation is 2. The van der Waals surface area contributed by atoms with Crippen molar-refractivity contribution in [2.45, 2.75) is 45.7 Å². The zero-order valence-corrected chi connectivity index (χ0v) is 13.9. The fourth-order valence-corrected chi connectivity index (χ4v) is 3.10. The van der Waals surface area contributed by atoms with E-state index in [1.54, 1.807) is 6.92 Å². The summed E-state index contributed by atoms with van der Waals surface area (Å²) in [7, 11) is 0. The number of rotatable bonds is 7. The molecule has 23 heavy (non-hydrogen) atoms. The van der Waals surface area contributed by atoms with Crippen LogP contribution in [0.3, 0.4) is 0 Å². The van der Waals surface area contributed by atoms with Crippen molar-refractivity contribution in [3.63, 3.8) is 0 Å². The SMILES string of the molecule is CCc1cc2c(=O)n(CCC(=O)NC(CC)C(=O)O)cnc2s1. The minimum Gasteiger partial charge on any atom is -0.480 e. The summed E-state index contributed by atoms with van der Waals surface area (Å²) in [5.41, 5.74) is -0.177. The van der Waals surface area contributed by atoms with Gasteiger partial charge in [-0.15, -0.1) is 11.3 Å². The van der Waals surface area contributed by atoms with E-state index in [9.17, 15) is 14.4 Å². The highest BCUT2D eigenvalue weighted by Crippen LogP contribution is 2.20. The lowest BCUT2D eigenvalue weighted by atomic mass is 10.2. The molecule has 0 radical (unpaired) electrons. The molecule has 0 spiro atoms. The second-order valence-corrected chi connectivity index (χ2v) is 6.26. The van der Waals surface area contributed by atoms with Crippen LogP contribution in [0.5, 0.6) is 0 Å². The number of aliphatic carboxylic acids is 1. The molecule has 0 fully saturated rings. The Balaban J connectivity index is 2.07. The van der Waals surface area contributed by atoms with E-state index in [1.807, 2.05) is 13.0 Å². The van der Waals surface area contributed by atoms with Gasteiger partial charge in [-0.2, -0.15) is 0 Å². The lowest BCUT2D eigenvalue weighted by Crippen LogP contribution is -2.40. The molecule has 2 N–H and O–H groups in total. The quantitative estimate of drug-likeness (QED) is 0.795. The third kappa shape index (κ3) is 3.95. The second-order valence-electron chi connectivity index (χ2n) is 5.14. The molecule has 0 saturated carbocycles. The maximum Gasteiger partial charge on any atom is 0.326 e. The summed E-state index contributed by atoms with van der Waals surface area (Å²) in [6.45, 7) is 3.87. The third-order valence-corrected chi connectivity index (χ3v) is 4.73. The zero-order valence-electron chi connectivity index (χ0n) is 13.0. The molecule has 0 aliphatic heterocycles. The fraction of sp³-hybridized carbons (Fsp3) is 0.467. The van der Waals surface area contributed by atoms with E-state index >= 15 is 0 Å². The Kier molecular flexibility index (Phi) is 5.49. The number of hydrogen-bond acceptors (Lipinski definition) is 5. The second kappa shape index (κ2) is 7.36. The van der Waals surface area contributed by atoms with Gasteiger partial charge in [0.2, 0.25) is 5.91 Å². The molecule has 8 heteroatoms. The smallest absolute Gasteiger partial charge is 0.326 e. The van der Waals surface area contributed by atoms with Crippen LogP contribution in [0.4, 0.5) is 0 Å². The number of amides is 1. The summed E-state index contributed by atoms with van der Waals surface area (Å²) in [5, 5.41) is 11.9. The van der Waals surface area contributed by atoms with Crippen LogP contribution in [0.1, 0.15) is 31.6 Å². The lowest BCUT2D eigenvalue weighted by Gasteiger charge is -2.12. The number of carbonyl (C=O) groups is 2. The molecular formula is C15H19N3O4S. The first-order valence-corrected chi connectivity index (χ1v) is 8.27. The molecule has 1 amide bonds. The maximum atomic E-state index is 12.4. The number of aromatic nitrogens is 2. The van der Waals surface area contributed by atoms with E-state index in [1.165, 1.54) is 22.2 Å². The van der Waals surface area contributed by atoms with Crippen LogP contribution < -0.4 is 10.9 Å². The molecule has 1 unspecified atom stereocenters. The predicted molar refractivity (Wildman–Crippen MR) is 87.7 cm³/mol. The monoisotopic (exact) mass is 337 g/mol. The summed E-state index contributed by atoms with van der Waals surface area (Å²) in [6, 6.07) is 0.938. The van der Waals surface area contributed by atoms with Crippen LogP contribution in [-0.2, 0) is 22.6 Å². The Hall–Kier alpha value is -2.22. The van der Waals surface area contributed by atoms with Gasteiger partial charge in [-0.05, 0) is 18.9 Å². The van der Waals surface area contributed by atoms with Crippen molar-refractivity contribution in [1.82, 2.24) is 14.9 Å². The average Bonchev–Trinajstić information content (AvgIpc) is 2.95. The van der Waals surface area contributed by atoms with Gasteiger partial charge in [0.05, 0.1) is 11.7 Å². The van der Waals surface area contributed by atoms with Gasteiger partial charge in [0.1, 0.15) is 10.9 Å². The van der Waals surface area contributed by atoms with E-state index < -0.39 is 17.9 Å². The summed E-state index contributed by atoms with van der Waals surface area (Å²) < 4.78 is 1.38. The minimum absolute atomic E-state index is 0.0294. The highest BCUT2D eigenvalue weighted by Gasteiger charge is 2.17. The Morgan fingerprint density at radius 1 is 1.43 bits per heavy atom. The summed E-state index contributed by atoms with van der Waals surface area (Å²) in [5.74, 6) is -1.46. The minimum atomic E-state index is -1.06. The number of carboxylic acid groups (broad SMARTS) is 1. The van der Waals surface area contributed by atoms with Gasteiger partial charge in [0.25, 0.3) is 5.56 Å². The molecule has 1 atom stereocenters. The number of carbonyl (C=O) groups excluding carboxylic acids is 1. The maximum absolute atomic E-state index is 12.4. The number of fused-ring (bicyclic) bond motifs is 1. The summed E-state index contributed by atoms with van der Waals surface area (Å²) in [6.07, 6.45) is 2.61. The van der Waals surface area contributed by atoms with Crippen LogP contribution in [0.25, 0.3) is 10.2 Å². The molecular weight excluding hydrogens is 318 g/mol. The number of nitrogens with zero attached hydrogens (tertiary/aromatic N) is 2. The summed E-state index contributed by atoms with van der Waals surface area (Å²) in [4.78, 5) is 41.1. The molecule has 0 bridgehead atoms. The van der Waals surface area contributed by atoms with Crippen molar-refractivity contribution < 1.29 is 14.7 Å². The van der Waals surface area contributed by atoms with Crippen LogP contribution in [0, 0.1) is 0 Å². The van der Waals surface area contributed by atoms with Crippen LogP contribution >= 0.6 is 11.3 Å². The zero-order chi connectivity index (χ0) is 17.0. The predicted octanol–water partition coefficient (Wildman–Crippen LogP) is 1.39. The van der Waals surface area contributed by atoms with Crippen molar-refractivity contribution in [2.24, 2.45) is 0 Å². The molecule has 2 aromatic heterocycles. The topological polar surface area (TPSA) is 101 Å². The first-order chi connectivity index (χ1) is 11.0. The lowest BCUT2D eigenvalue weighted by molar-refractivity contribution is -0.141. The molecule has 0 aliphatic rings. The van der Waals surface area contributed by atoms with Gasteiger partial charge >= 0.3 is 5.97 Å². The van der Waals surface area contributed by atoms with E-state index in [0.717, 1.165) is 11.3 Å². The average molecular weight is 337 g/mol.